The Bertz CT molecular complexity index is 1400. The summed E-state index contributed by atoms with van der Waals surface area (Å²) in [6, 6.07) is 19.9. The van der Waals surface area contributed by atoms with Gasteiger partial charge < -0.3 is 19.9 Å². The number of amides is 1. The number of benzene rings is 3. The summed E-state index contributed by atoms with van der Waals surface area (Å²) in [6.45, 7) is 0.698. The van der Waals surface area contributed by atoms with Crippen LogP contribution in [0.15, 0.2) is 71.6 Å². The summed E-state index contributed by atoms with van der Waals surface area (Å²) in [4.78, 5) is 25.3. The van der Waals surface area contributed by atoms with Crippen molar-refractivity contribution in [3.8, 4) is 22.6 Å². The van der Waals surface area contributed by atoms with Gasteiger partial charge >= 0.3 is 5.97 Å². The largest absolute Gasteiger partial charge is 0.480 e. The molecule has 2 fully saturated rings. The van der Waals surface area contributed by atoms with Crippen molar-refractivity contribution in [3.05, 3.63) is 72.3 Å². The van der Waals surface area contributed by atoms with Crippen LogP contribution >= 0.6 is 0 Å². The number of carbonyl (C=O) groups is 2. The predicted molar refractivity (Wildman–Crippen MR) is 138 cm³/mol. The zero-order valence-corrected chi connectivity index (χ0v) is 20.8. The van der Waals surface area contributed by atoms with Crippen molar-refractivity contribution >= 4 is 28.5 Å². The molecule has 2 aliphatic heterocycles. The van der Waals surface area contributed by atoms with Crippen LogP contribution in [0, 0.1) is 0 Å². The predicted octanol–water partition coefficient (Wildman–Crippen LogP) is 4.32. The molecule has 3 aromatic rings. The SMILES string of the molecule is O=C(O)[C@@H]1CCCN1S(=O)c1ccc(-c2cccc(NC(=O)C3(c4ccc5c(c4)OCO5)CC3)c2)cc1. The number of anilines is 1. The monoisotopic (exact) mass is 518 g/mol. The minimum absolute atomic E-state index is 0.0483. The quantitative estimate of drug-likeness (QED) is 0.483. The van der Waals surface area contributed by atoms with Crippen LogP contribution in [0.2, 0.25) is 0 Å². The maximum Gasteiger partial charge on any atom is 0.321 e. The summed E-state index contributed by atoms with van der Waals surface area (Å²) in [5.41, 5.74) is 2.88. The molecule has 0 radical (unpaired) electrons. The molecule has 3 aliphatic rings. The Balaban J connectivity index is 1.17. The van der Waals surface area contributed by atoms with E-state index < -0.39 is 28.4 Å². The molecule has 8 nitrogen and oxygen atoms in total. The highest BCUT2D eigenvalue weighted by atomic mass is 32.2. The maximum absolute atomic E-state index is 13.3. The fourth-order valence-corrected chi connectivity index (χ4v) is 6.44. The summed E-state index contributed by atoms with van der Waals surface area (Å²) < 4.78 is 25.4. The number of rotatable bonds is 7. The number of fused-ring (bicyclic) bond motifs is 1. The molecule has 0 bridgehead atoms. The molecule has 1 saturated carbocycles. The summed E-state index contributed by atoms with van der Waals surface area (Å²) in [7, 11) is -1.53. The number of nitrogens with zero attached hydrogens (tertiary/aromatic N) is 1. The number of carboxylic acid groups (broad SMARTS) is 1. The van der Waals surface area contributed by atoms with Crippen LogP contribution in [0.5, 0.6) is 11.5 Å². The van der Waals surface area contributed by atoms with Crippen molar-refractivity contribution in [2.45, 2.75) is 42.0 Å². The highest BCUT2D eigenvalue weighted by Gasteiger charge is 2.51. The summed E-state index contributed by atoms with van der Waals surface area (Å²) in [6.07, 6.45) is 2.77. The molecule has 1 unspecified atom stereocenters. The summed E-state index contributed by atoms with van der Waals surface area (Å²) >= 11 is 0. The number of nitrogens with one attached hydrogen (secondary N) is 1. The first-order valence-electron chi connectivity index (χ1n) is 12.3. The van der Waals surface area contributed by atoms with Crippen LogP contribution in [0.3, 0.4) is 0 Å². The summed E-state index contributed by atoms with van der Waals surface area (Å²) in [5, 5.41) is 12.5. The number of hydrogen-bond donors (Lipinski definition) is 2. The van der Waals surface area contributed by atoms with Gasteiger partial charge in [0.05, 0.1) is 10.3 Å². The average Bonchev–Trinajstić information content (AvgIpc) is 3.34. The highest BCUT2D eigenvalue weighted by molar-refractivity contribution is 7.82. The van der Waals surface area contributed by atoms with Crippen molar-refractivity contribution in [1.29, 1.82) is 0 Å². The van der Waals surface area contributed by atoms with E-state index in [4.69, 9.17) is 9.47 Å². The lowest BCUT2D eigenvalue weighted by atomic mass is 9.94. The Kier molecular flexibility index (Phi) is 5.97. The Morgan fingerprint density at radius 1 is 0.973 bits per heavy atom. The smallest absolute Gasteiger partial charge is 0.321 e. The number of carboxylic acids is 1. The van der Waals surface area contributed by atoms with Crippen LogP contribution in [-0.2, 0) is 26.0 Å². The Morgan fingerprint density at radius 3 is 2.51 bits per heavy atom. The first kappa shape index (κ1) is 23.7. The third-order valence-electron chi connectivity index (χ3n) is 7.32. The third kappa shape index (κ3) is 4.38. The Labute approximate surface area is 216 Å². The van der Waals surface area contributed by atoms with Gasteiger partial charge in [0.2, 0.25) is 12.7 Å². The molecule has 1 amide bonds. The minimum atomic E-state index is -1.53. The van der Waals surface area contributed by atoms with Crippen LogP contribution < -0.4 is 14.8 Å². The molecule has 2 heterocycles. The van der Waals surface area contributed by atoms with E-state index >= 15 is 0 Å². The van der Waals surface area contributed by atoms with Crippen molar-refractivity contribution in [2.75, 3.05) is 18.7 Å². The highest BCUT2D eigenvalue weighted by Crippen LogP contribution is 2.51. The molecule has 0 spiro atoms. The standard InChI is InChI=1S/C28H26N2O6S/c31-26(32)23-5-2-14-30(23)37(34)22-9-6-18(7-10-22)19-3-1-4-21(15-19)29-27(33)28(12-13-28)20-8-11-24-25(16-20)36-17-35-24/h1,3-4,6-11,15-16,23H,2,5,12-14,17H2,(H,29,33)(H,31,32)/t23-,37?/m0/s1. The number of carbonyl (C=O) groups excluding carboxylic acids is 1. The zero-order valence-electron chi connectivity index (χ0n) is 20.0. The molecule has 1 aliphatic carbocycles. The van der Waals surface area contributed by atoms with Crippen molar-refractivity contribution in [1.82, 2.24) is 4.31 Å². The van der Waals surface area contributed by atoms with Crippen molar-refractivity contribution in [2.24, 2.45) is 0 Å². The van der Waals surface area contributed by atoms with Crippen LogP contribution in [-0.4, -0.2) is 44.9 Å². The first-order valence-corrected chi connectivity index (χ1v) is 13.4. The molecule has 190 valence electrons. The fourth-order valence-electron chi connectivity index (χ4n) is 5.08. The molecular weight excluding hydrogens is 492 g/mol. The molecule has 6 rings (SSSR count). The fraction of sp³-hybridized carbons (Fsp3) is 0.286. The molecule has 0 aromatic heterocycles. The van der Waals surface area contributed by atoms with E-state index in [1.807, 2.05) is 54.6 Å². The molecule has 37 heavy (non-hydrogen) atoms. The van der Waals surface area contributed by atoms with Gasteiger partial charge in [0, 0.05) is 12.2 Å². The van der Waals surface area contributed by atoms with E-state index in [-0.39, 0.29) is 12.7 Å². The van der Waals surface area contributed by atoms with Crippen LogP contribution in [0.4, 0.5) is 5.69 Å². The van der Waals surface area contributed by atoms with Gasteiger partial charge in [-0.25, -0.2) is 8.51 Å². The van der Waals surface area contributed by atoms with Crippen molar-refractivity contribution < 1.29 is 28.4 Å². The van der Waals surface area contributed by atoms with Gasteiger partial charge in [-0.05, 0) is 78.8 Å². The van der Waals surface area contributed by atoms with Gasteiger partial charge in [0.15, 0.2) is 11.5 Å². The Hall–Kier alpha value is -3.69. The van der Waals surface area contributed by atoms with E-state index in [1.54, 1.807) is 16.4 Å². The molecule has 9 heteroatoms. The average molecular weight is 519 g/mol. The zero-order chi connectivity index (χ0) is 25.6. The lowest BCUT2D eigenvalue weighted by Crippen LogP contribution is -2.37. The second-order valence-corrected chi connectivity index (χ2v) is 11.0. The van der Waals surface area contributed by atoms with Gasteiger partial charge in [-0.2, -0.15) is 0 Å². The van der Waals surface area contributed by atoms with Crippen LogP contribution in [0.1, 0.15) is 31.2 Å². The second-order valence-electron chi connectivity index (χ2n) is 9.60. The van der Waals surface area contributed by atoms with E-state index in [0.29, 0.717) is 35.0 Å². The first-order chi connectivity index (χ1) is 17.9. The number of ether oxygens (including phenoxy) is 2. The van der Waals surface area contributed by atoms with E-state index in [2.05, 4.69) is 5.32 Å². The van der Waals surface area contributed by atoms with Crippen LogP contribution in [0.25, 0.3) is 11.1 Å². The lowest BCUT2D eigenvalue weighted by molar-refractivity contribution is -0.140. The van der Waals surface area contributed by atoms with E-state index in [0.717, 1.165) is 36.0 Å². The van der Waals surface area contributed by atoms with Gasteiger partial charge in [-0.3, -0.25) is 9.59 Å². The van der Waals surface area contributed by atoms with Crippen molar-refractivity contribution in [3.63, 3.8) is 0 Å². The molecule has 3 aromatic carbocycles. The van der Waals surface area contributed by atoms with Gasteiger partial charge in [-0.15, -0.1) is 0 Å². The van der Waals surface area contributed by atoms with Gasteiger partial charge in [0.1, 0.15) is 17.0 Å². The topological polar surface area (TPSA) is 105 Å². The summed E-state index contributed by atoms with van der Waals surface area (Å²) in [5.74, 6) is 0.386. The number of hydrogen-bond acceptors (Lipinski definition) is 5. The third-order valence-corrected chi connectivity index (χ3v) is 8.86. The Morgan fingerprint density at radius 2 is 1.76 bits per heavy atom. The van der Waals surface area contributed by atoms with Gasteiger partial charge in [-0.1, -0.05) is 30.3 Å². The molecule has 2 N–H and O–H groups in total. The second kappa shape index (κ2) is 9.32. The number of aliphatic carboxylic acids is 1. The van der Waals surface area contributed by atoms with E-state index in [1.165, 1.54) is 0 Å². The lowest BCUT2D eigenvalue weighted by Gasteiger charge is -2.20. The van der Waals surface area contributed by atoms with Gasteiger partial charge in [0.25, 0.3) is 0 Å². The minimum Gasteiger partial charge on any atom is -0.480 e. The molecular formula is C28H26N2O6S. The maximum atomic E-state index is 13.3. The normalized spacial score (nSPS) is 20.4. The molecule has 2 atom stereocenters. The molecule has 1 saturated heterocycles. The van der Waals surface area contributed by atoms with E-state index in [9.17, 15) is 18.9 Å².